The van der Waals surface area contributed by atoms with E-state index >= 15 is 0 Å². The second kappa shape index (κ2) is 7.53. The first-order valence-corrected chi connectivity index (χ1v) is 9.18. The molecule has 0 unspecified atom stereocenters. The molecular weight excluding hydrogens is 340 g/mol. The third-order valence-electron chi connectivity index (χ3n) is 4.59. The smallest absolute Gasteiger partial charge is 0.171 e. The summed E-state index contributed by atoms with van der Waals surface area (Å²) >= 11 is 11.7. The molecule has 0 amide bonds. The van der Waals surface area contributed by atoms with Crippen LogP contribution >= 0.6 is 23.8 Å². The first-order chi connectivity index (χ1) is 11.5. The summed E-state index contributed by atoms with van der Waals surface area (Å²) < 4.78 is 1.97. The number of benzene rings is 1. The van der Waals surface area contributed by atoms with Gasteiger partial charge in [0.2, 0.25) is 0 Å². The van der Waals surface area contributed by atoms with Gasteiger partial charge in [0.25, 0.3) is 0 Å². The monoisotopic (exact) mass is 362 g/mol. The molecule has 3 rings (SSSR count). The van der Waals surface area contributed by atoms with Crippen LogP contribution in [0.3, 0.4) is 0 Å². The Balaban J connectivity index is 1.71. The Morgan fingerprint density at radius 2 is 2.00 bits per heavy atom. The van der Waals surface area contributed by atoms with Crippen molar-refractivity contribution in [2.45, 2.75) is 52.1 Å². The summed E-state index contributed by atoms with van der Waals surface area (Å²) in [6.45, 7) is 4.70. The fourth-order valence-corrected chi connectivity index (χ4v) is 3.69. The molecule has 0 aliphatic heterocycles. The van der Waals surface area contributed by atoms with Gasteiger partial charge in [0.05, 0.1) is 23.6 Å². The van der Waals surface area contributed by atoms with Crippen molar-refractivity contribution in [3.05, 3.63) is 46.2 Å². The molecule has 1 saturated carbocycles. The molecule has 1 fully saturated rings. The summed E-state index contributed by atoms with van der Waals surface area (Å²) in [7, 11) is 0. The third-order valence-corrected chi connectivity index (χ3v) is 5.18. The molecule has 0 bridgehead atoms. The van der Waals surface area contributed by atoms with Crippen LogP contribution in [-0.2, 0) is 6.54 Å². The van der Waals surface area contributed by atoms with Crippen molar-refractivity contribution in [1.82, 2.24) is 15.1 Å². The Bertz CT molecular complexity index is 735. The van der Waals surface area contributed by atoms with E-state index in [-0.39, 0.29) is 0 Å². The molecule has 6 heteroatoms. The molecule has 128 valence electrons. The van der Waals surface area contributed by atoms with E-state index < -0.39 is 0 Å². The number of nitrogens with one attached hydrogen (secondary N) is 2. The van der Waals surface area contributed by atoms with Crippen molar-refractivity contribution >= 4 is 34.6 Å². The maximum absolute atomic E-state index is 6.27. The predicted molar refractivity (Wildman–Crippen MR) is 104 cm³/mol. The van der Waals surface area contributed by atoms with E-state index in [2.05, 4.69) is 22.7 Å². The van der Waals surface area contributed by atoms with E-state index in [0.717, 1.165) is 27.7 Å². The van der Waals surface area contributed by atoms with Gasteiger partial charge in [-0.1, -0.05) is 42.6 Å². The van der Waals surface area contributed by atoms with Crippen LogP contribution in [-0.4, -0.2) is 20.9 Å². The lowest BCUT2D eigenvalue weighted by Gasteiger charge is -2.16. The van der Waals surface area contributed by atoms with Gasteiger partial charge in [-0.3, -0.25) is 4.68 Å². The van der Waals surface area contributed by atoms with Gasteiger partial charge in [-0.15, -0.1) is 0 Å². The Hall–Kier alpha value is -1.59. The van der Waals surface area contributed by atoms with E-state index in [9.17, 15) is 0 Å². The van der Waals surface area contributed by atoms with Crippen molar-refractivity contribution in [1.29, 1.82) is 0 Å². The quantitative estimate of drug-likeness (QED) is 0.789. The average molecular weight is 363 g/mol. The van der Waals surface area contributed by atoms with E-state index in [1.54, 1.807) is 0 Å². The summed E-state index contributed by atoms with van der Waals surface area (Å²) in [5, 5.41) is 12.8. The number of hydrogen-bond acceptors (Lipinski definition) is 2. The van der Waals surface area contributed by atoms with Gasteiger partial charge in [0.1, 0.15) is 0 Å². The number of aromatic nitrogens is 2. The Morgan fingerprint density at radius 3 is 2.71 bits per heavy atom. The minimum absolute atomic E-state index is 0.504. The van der Waals surface area contributed by atoms with Crippen LogP contribution in [0.5, 0.6) is 0 Å². The van der Waals surface area contributed by atoms with Crippen molar-refractivity contribution in [2.75, 3.05) is 5.32 Å². The van der Waals surface area contributed by atoms with E-state index in [4.69, 9.17) is 23.8 Å². The molecule has 1 aromatic heterocycles. The highest BCUT2D eigenvalue weighted by Gasteiger charge is 2.18. The van der Waals surface area contributed by atoms with Gasteiger partial charge >= 0.3 is 0 Å². The highest BCUT2D eigenvalue weighted by Crippen LogP contribution is 2.23. The molecule has 1 aliphatic rings. The maximum Gasteiger partial charge on any atom is 0.171 e. The van der Waals surface area contributed by atoms with E-state index in [1.165, 1.54) is 25.7 Å². The molecule has 2 aromatic rings. The highest BCUT2D eigenvalue weighted by molar-refractivity contribution is 7.80. The first kappa shape index (κ1) is 17.2. The Labute approximate surface area is 153 Å². The van der Waals surface area contributed by atoms with Crippen LogP contribution in [0.25, 0.3) is 0 Å². The predicted octanol–water partition coefficient (Wildman–Crippen LogP) is 4.43. The number of rotatable bonds is 4. The lowest BCUT2D eigenvalue weighted by Crippen LogP contribution is -2.36. The Morgan fingerprint density at radius 1 is 1.29 bits per heavy atom. The zero-order chi connectivity index (χ0) is 17.1. The van der Waals surface area contributed by atoms with Crippen molar-refractivity contribution in [2.24, 2.45) is 0 Å². The first-order valence-electron chi connectivity index (χ1n) is 8.39. The number of aryl methyl sites for hydroxylation is 1. The van der Waals surface area contributed by atoms with Crippen LogP contribution in [0.15, 0.2) is 24.3 Å². The summed E-state index contributed by atoms with van der Waals surface area (Å²) in [6, 6.07) is 8.37. The highest BCUT2D eigenvalue weighted by atomic mass is 35.5. The average Bonchev–Trinajstić information content (AvgIpc) is 3.14. The zero-order valence-corrected chi connectivity index (χ0v) is 15.7. The van der Waals surface area contributed by atoms with Gasteiger partial charge in [-0.05, 0) is 50.5 Å². The Kier molecular flexibility index (Phi) is 5.41. The second-order valence-corrected chi connectivity index (χ2v) is 7.19. The largest absolute Gasteiger partial charge is 0.360 e. The molecule has 0 atom stereocenters. The zero-order valence-electron chi connectivity index (χ0n) is 14.1. The van der Waals surface area contributed by atoms with Gasteiger partial charge in [0.15, 0.2) is 5.11 Å². The standard InChI is InChI=1S/C18H23ClN4S/c1-12-17(21-18(24)20-15-8-4-5-9-15)13(2)23(22-12)11-14-7-3-6-10-16(14)19/h3,6-7,10,15H,4-5,8-9,11H2,1-2H3,(H2,20,21,24). The SMILES string of the molecule is Cc1nn(Cc2ccccc2Cl)c(C)c1NC(=S)NC1CCCC1. The molecule has 2 N–H and O–H groups in total. The molecule has 1 aliphatic carbocycles. The van der Waals surface area contributed by atoms with E-state index in [0.29, 0.717) is 17.7 Å². The van der Waals surface area contributed by atoms with Crippen LogP contribution in [0.4, 0.5) is 5.69 Å². The molecule has 4 nitrogen and oxygen atoms in total. The molecule has 0 spiro atoms. The van der Waals surface area contributed by atoms with E-state index in [1.807, 2.05) is 35.9 Å². The molecule has 0 saturated heterocycles. The number of thiocarbonyl (C=S) groups is 1. The normalized spacial score (nSPS) is 14.8. The van der Waals surface area contributed by atoms with Gasteiger partial charge < -0.3 is 10.6 Å². The van der Waals surface area contributed by atoms with Crippen LogP contribution < -0.4 is 10.6 Å². The second-order valence-electron chi connectivity index (χ2n) is 6.37. The minimum atomic E-state index is 0.504. The number of nitrogens with zero attached hydrogens (tertiary/aromatic N) is 2. The fraction of sp³-hybridized carbons (Fsp3) is 0.444. The summed E-state index contributed by atoms with van der Waals surface area (Å²) in [5.74, 6) is 0. The number of hydrogen-bond donors (Lipinski definition) is 2. The van der Waals surface area contributed by atoms with Gasteiger partial charge in [-0.25, -0.2) is 0 Å². The summed E-state index contributed by atoms with van der Waals surface area (Å²) in [6.07, 6.45) is 4.97. The number of anilines is 1. The molecule has 1 aromatic carbocycles. The van der Waals surface area contributed by atoms with Crippen LogP contribution in [0, 0.1) is 13.8 Å². The van der Waals surface area contributed by atoms with Crippen molar-refractivity contribution < 1.29 is 0 Å². The molecular formula is C18H23ClN4S. The van der Waals surface area contributed by atoms with Gasteiger partial charge in [0, 0.05) is 11.1 Å². The van der Waals surface area contributed by atoms with Gasteiger partial charge in [-0.2, -0.15) is 5.10 Å². The topological polar surface area (TPSA) is 41.9 Å². The minimum Gasteiger partial charge on any atom is -0.360 e. The van der Waals surface area contributed by atoms with Crippen LogP contribution in [0.1, 0.15) is 42.6 Å². The molecule has 1 heterocycles. The lowest BCUT2D eigenvalue weighted by molar-refractivity contribution is 0.634. The maximum atomic E-state index is 6.27. The lowest BCUT2D eigenvalue weighted by atomic mass is 10.2. The van der Waals surface area contributed by atoms with Crippen LogP contribution in [0.2, 0.25) is 5.02 Å². The summed E-state index contributed by atoms with van der Waals surface area (Å²) in [5.41, 5.74) is 4.04. The molecule has 0 radical (unpaired) electrons. The van der Waals surface area contributed by atoms with Crippen molar-refractivity contribution in [3.63, 3.8) is 0 Å². The van der Waals surface area contributed by atoms with Crippen molar-refractivity contribution in [3.8, 4) is 0 Å². The summed E-state index contributed by atoms with van der Waals surface area (Å²) in [4.78, 5) is 0. The third kappa shape index (κ3) is 3.90. The number of halogens is 1. The molecule has 24 heavy (non-hydrogen) atoms. The fourth-order valence-electron chi connectivity index (χ4n) is 3.22.